The minimum absolute atomic E-state index is 0.248. The Bertz CT molecular complexity index is 914. The summed E-state index contributed by atoms with van der Waals surface area (Å²) >= 11 is 5.84. The number of hydrogen-bond donors (Lipinski definition) is 1. The van der Waals surface area contributed by atoms with Crippen LogP contribution in [0, 0.1) is 12.7 Å². The molecule has 4 nitrogen and oxygen atoms in total. The summed E-state index contributed by atoms with van der Waals surface area (Å²) in [6.45, 7) is 2.10. The molecule has 0 unspecified atom stereocenters. The van der Waals surface area contributed by atoms with Crippen LogP contribution in [0.25, 0.3) is 10.9 Å². The number of nitrogens with zero attached hydrogens (tertiary/aromatic N) is 2. The SMILES string of the molecule is Cc1cc2c(OCC(F)F)ccc(F)c2n1CCNc1ccnc(Cl)c1. The molecular weight excluding hydrogens is 367 g/mol. The molecule has 2 aromatic heterocycles. The lowest BCUT2D eigenvalue weighted by molar-refractivity contribution is 0.0826. The van der Waals surface area contributed by atoms with Crippen LogP contribution in [0.5, 0.6) is 5.75 Å². The van der Waals surface area contributed by atoms with Gasteiger partial charge in [-0.25, -0.2) is 18.2 Å². The maximum Gasteiger partial charge on any atom is 0.272 e. The third-order valence-corrected chi connectivity index (χ3v) is 4.14. The third-order valence-electron chi connectivity index (χ3n) is 3.93. The van der Waals surface area contributed by atoms with E-state index in [1.165, 1.54) is 12.1 Å². The average molecular weight is 384 g/mol. The Morgan fingerprint density at radius 1 is 1.27 bits per heavy atom. The van der Waals surface area contributed by atoms with E-state index in [4.69, 9.17) is 16.3 Å². The molecule has 138 valence electrons. The summed E-state index contributed by atoms with van der Waals surface area (Å²) in [4.78, 5) is 3.91. The first-order chi connectivity index (χ1) is 12.5. The number of ether oxygens (including phenoxy) is 1. The van der Waals surface area contributed by atoms with E-state index in [9.17, 15) is 13.2 Å². The molecule has 0 spiro atoms. The summed E-state index contributed by atoms with van der Waals surface area (Å²) < 4.78 is 46.1. The van der Waals surface area contributed by atoms with E-state index in [0.717, 1.165) is 11.4 Å². The summed E-state index contributed by atoms with van der Waals surface area (Å²) in [5.41, 5.74) is 1.95. The van der Waals surface area contributed by atoms with Crippen LogP contribution in [-0.2, 0) is 6.54 Å². The molecule has 0 aliphatic heterocycles. The van der Waals surface area contributed by atoms with Crippen LogP contribution in [0.3, 0.4) is 0 Å². The van der Waals surface area contributed by atoms with Crippen molar-refractivity contribution in [3.05, 3.63) is 53.2 Å². The molecule has 0 aliphatic rings. The Balaban J connectivity index is 1.81. The second-order valence-corrected chi connectivity index (χ2v) is 6.13. The number of fused-ring (bicyclic) bond motifs is 1. The van der Waals surface area contributed by atoms with Gasteiger partial charge in [0.05, 0.1) is 5.52 Å². The fraction of sp³-hybridized carbons (Fsp3) is 0.278. The molecule has 0 amide bonds. The van der Waals surface area contributed by atoms with E-state index in [1.54, 1.807) is 29.0 Å². The van der Waals surface area contributed by atoms with Crippen molar-refractivity contribution < 1.29 is 17.9 Å². The molecule has 0 aliphatic carbocycles. The lowest BCUT2D eigenvalue weighted by Gasteiger charge is -2.12. The van der Waals surface area contributed by atoms with Gasteiger partial charge in [-0.15, -0.1) is 0 Å². The number of rotatable bonds is 7. The van der Waals surface area contributed by atoms with Gasteiger partial charge in [0.15, 0.2) is 0 Å². The van der Waals surface area contributed by atoms with Crippen molar-refractivity contribution in [3.8, 4) is 5.75 Å². The fourth-order valence-corrected chi connectivity index (χ4v) is 3.01. The molecule has 3 aromatic rings. The first-order valence-corrected chi connectivity index (χ1v) is 8.38. The summed E-state index contributed by atoms with van der Waals surface area (Å²) in [6, 6.07) is 7.82. The van der Waals surface area contributed by atoms with Crippen LogP contribution < -0.4 is 10.1 Å². The summed E-state index contributed by atoms with van der Waals surface area (Å²) in [7, 11) is 0. The number of pyridine rings is 1. The number of hydrogen-bond acceptors (Lipinski definition) is 3. The van der Waals surface area contributed by atoms with Crippen LogP contribution in [0.4, 0.5) is 18.9 Å². The van der Waals surface area contributed by atoms with Crippen molar-refractivity contribution in [1.29, 1.82) is 0 Å². The second kappa shape index (κ2) is 7.86. The van der Waals surface area contributed by atoms with E-state index in [-0.39, 0.29) is 5.75 Å². The molecule has 0 saturated carbocycles. The first kappa shape index (κ1) is 18.4. The molecular formula is C18H17ClF3N3O. The van der Waals surface area contributed by atoms with Crippen molar-refractivity contribution in [2.24, 2.45) is 0 Å². The number of alkyl halides is 2. The van der Waals surface area contributed by atoms with Gasteiger partial charge in [-0.1, -0.05) is 11.6 Å². The van der Waals surface area contributed by atoms with E-state index in [1.807, 2.05) is 6.92 Å². The Kier molecular flexibility index (Phi) is 5.56. The zero-order chi connectivity index (χ0) is 18.7. The van der Waals surface area contributed by atoms with Gasteiger partial charge in [-0.3, -0.25) is 0 Å². The van der Waals surface area contributed by atoms with Crippen molar-refractivity contribution in [2.45, 2.75) is 19.9 Å². The van der Waals surface area contributed by atoms with Gasteiger partial charge in [0.25, 0.3) is 6.43 Å². The predicted octanol–water partition coefficient (Wildman–Crippen LogP) is 4.89. The Labute approximate surface area is 153 Å². The number of anilines is 1. The summed E-state index contributed by atoms with van der Waals surface area (Å²) in [5, 5.41) is 4.05. The van der Waals surface area contributed by atoms with Crippen LogP contribution in [0.2, 0.25) is 5.15 Å². The van der Waals surface area contributed by atoms with Gasteiger partial charge in [0.2, 0.25) is 0 Å². The predicted molar refractivity (Wildman–Crippen MR) is 95.9 cm³/mol. The molecule has 3 rings (SSSR count). The van der Waals surface area contributed by atoms with Crippen LogP contribution >= 0.6 is 11.6 Å². The highest BCUT2D eigenvalue weighted by molar-refractivity contribution is 6.29. The van der Waals surface area contributed by atoms with Gasteiger partial charge in [-0.05, 0) is 37.3 Å². The van der Waals surface area contributed by atoms with E-state index in [0.29, 0.717) is 29.1 Å². The number of aryl methyl sites for hydroxylation is 1. The zero-order valence-electron chi connectivity index (χ0n) is 14.0. The number of halogens is 4. The van der Waals surface area contributed by atoms with Crippen molar-refractivity contribution in [2.75, 3.05) is 18.5 Å². The lowest BCUT2D eigenvalue weighted by Crippen LogP contribution is -2.12. The van der Waals surface area contributed by atoms with Gasteiger partial charge in [-0.2, -0.15) is 0 Å². The monoisotopic (exact) mass is 383 g/mol. The molecule has 0 bridgehead atoms. The topological polar surface area (TPSA) is 39.1 Å². The van der Waals surface area contributed by atoms with Gasteiger partial charge in [0, 0.05) is 36.1 Å². The number of aromatic nitrogens is 2. The van der Waals surface area contributed by atoms with Crippen LogP contribution in [-0.4, -0.2) is 29.1 Å². The molecule has 0 radical (unpaired) electrons. The zero-order valence-corrected chi connectivity index (χ0v) is 14.7. The van der Waals surface area contributed by atoms with Crippen LogP contribution in [0.15, 0.2) is 36.5 Å². The highest BCUT2D eigenvalue weighted by Crippen LogP contribution is 2.31. The maximum atomic E-state index is 14.4. The number of benzene rings is 1. The maximum absolute atomic E-state index is 14.4. The van der Waals surface area contributed by atoms with E-state index < -0.39 is 18.8 Å². The minimum Gasteiger partial charge on any atom is -0.487 e. The van der Waals surface area contributed by atoms with Crippen molar-refractivity contribution in [3.63, 3.8) is 0 Å². The Hall–Kier alpha value is -2.41. The Morgan fingerprint density at radius 2 is 2.08 bits per heavy atom. The van der Waals surface area contributed by atoms with Crippen molar-refractivity contribution >= 4 is 28.2 Å². The smallest absolute Gasteiger partial charge is 0.272 e. The molecule has 1 N–H and O–H groups in total. The van der Waals surface area contributed by atoms with Gasteiger partial charge >= 0.3 is 0 Å². The normalized spacial score (nSPS) is 11.3. The van der Waals surface area contributed by atoms with Gasteiger partial charge < -0.3 is 14.6 Å². The van der Waals surface area contributed by atoms with Crippen LogP contribution in [0.1, 0.15) is 5.69 Å². The van der Waals surface area contributed by atoms with E-state index >= 15 is 0 Å². The largest absolute Gasteiger partial charge is 0.487 e. The minimum atomic E-state index is -2.59. The summed E-state index contributed by atoms with van der Waals surface area (Å²) in [5.74, 6) is -0.179. The quantitative estimate of drug-likeness (QED) is 0.590. The molecule has 26 heavy (non-hydrogen) atoms. The highest BCUT2D eigenvalue weighted by atomic mass is 35.5. The molecule has 0 fully saturated rings. The van der Waals surface area contributed by atoms with Gasteiger partial charge in [0.1, 0.15) is 23.3 Å². The average Bonchev–Trinajstić information content (AvgIpc) is 2.92. The van der Waals surface area contributed by atoms with Crippen molar-refractivity contribution in [1.82, 2.24) is 9.55 Å². The lowest BCUT2D eigenvalue weighted by atomic mass is 10.2. The Morgan fingerprint density at radius 3 is 2.81 bits per heavy atom. The highest BCUT2D eigenvalue weighted by Gasteiger charge is 2.15. The standard InChI is InChI=1S/C18H17ClF3N3O/c1-11-8-13-15(26-10-17(21)22)3-2-14(20)18(13)25(11)7-6-23-12-4-5-24-16(19)9-12/h2-5,8-9,17H,6-7,10H2,1H3,(H,23,24). The second-order valence-electron chi connectivity index (χ2n) is 5.74. The molecule has 0 saturated heterocycles. The molecule has 8 heteroatoms. The molecule has 2 heterocycles. The third kappa shape index (κ3) is 4.04. The first-order valence-electron chi connectivity index (χ1n) is 8.00. The molecule has 1 aromatic carbocycles. The van der Waals surface area contributed by atoms with E-state index in [2.05, 4.69) is 10.3 Å². The number of nitrogens with one attached hydrogen (secondary N) is 1. The molecule has 0 atom stereocenters. The summed E-state index contributed by atoms with van der Waals surface area (Å²) in [6.07, 6.45) is -0.998. The fourth-order valence-electron chi connectivity index (χ4n) is 2.83.